The molecule has 1 saturated carbocycles. The van der Waals surface area contributed by atoms with Crippen molar-refractivity contribution in [3.05, 3.63) is 0 Å². The molecule has 0 saturated heterocycles. The van der Waals surface area contributed by atoms with Crippen molar-refractivity contribution in [2.45, 2.75) is 31.9 Å². The second-order valence-corrected chi connectivity index (χ2v) is 2.75. The summed E-state index contributed by atoms with van der Waals surface area (Å²) in [5, 5.41) is 8.47. The lowest BCUT2D eigenvalue weighted by atomic mass is 9.88. The van der Waals surface area contributed by atoms with Gasteiger partial charge in [0.25, 0.3) is 0 Å². The van der Waals surface area contributed by atoms with Gasteiger partial charge in [0.2, 0.25) is 0 Å². The molecule has 58 valence electrons. The first-order valence-corrected chi connectivity index (χ1v) is 3.58. The molecule has 3 heteroatoms. The molecular weight excluding hydrogens is 135 g/mol. The van der Waals surface area contributed by atoms with Crippen LogP contribution >= 0.6 is 0 Å². The fraction of sp³-hybridized carbons (Fsp3) is 0.857. The highest BCUT2D eigenvalue weighted by Gasteiger charge is 2.30. The monoisotopic (exact) mass is 146 g/mol. The van der Waals surface area contributed by atoms with Crippen molar-refractivity contribution in [1.82, 2.24) is 0 Å². The molecule has 0 aromatic heterocycles. The molecule has 1 fully saturated rings. The molecular formula is C7H11FO2. The van der Waals surface area contributed by atoms with Gasteiger partial charge in [-0.05, 0) is 12.8 Å². The minimum atomic E-state index is -1.11. The Labute approximate surface area is 59.0 Å². The molecule has 2 atom stereocenters. The Hall–Kier alpha value is -0.600. The number of hydrogen-bond acceptors (Lipinski definition) is 1. The predicted molar refractivity (Wildman–Crippen MR) is 34.5 cm³/mol. The molecule has 10 heavy (non-hydrogen) atoms. The number of hydrogen-bond donors (Lipinski definition) is 1. The Bertz CT molecular complexity index is 136. The Morgan fingerprint density at radius 2 is 2.00 bits per heavy atom. The SMILES string of the molecule is O=C(O)[C@H]1CCCC[C@H]1F. The van der Waals surface area contributed by atoms with Crippen LogP contribution in [0.1, 0.15) is 25.7 Å². The van der Waals surface area contributed by atoms with Gasteiger partial charge in [-0.3, -0.25) is 4.79 Å². The average molecular weight is 146 g/mol. The van der Waals surface area contributed by atoms with Crippen LogP contribution in [0.15, 0.2) is 0 Å². The summed E-state index contributed by atoms with van der Waals surface area (Å²) >= 11 is 0. The minimum Gasteiger partial charge on any atom is -0.481 e. The van der Waals surface area contributed by atoms with Crippen LogP contribution in [-0.2, 0) is 4.79 Å². The molecule has 0 unspecified atom stereocenters. The van der Waals surface area contributed by atoms with Gasteiger partial charge in [0.05, 0.1) is 5.92 Å². The second kappa shape index (κ2) is 2.99. The topological polar surface area (TPSA) is 37.3 Å². The van der Waals surface area contributed by atoms with Crippen LogP contribution in [0.25, 0.3) is 0 Å². The van der Waals surface area contributed by atoms with Crippen LogP contribution < -0.4 is 0 Å². The van der Waals surface area contributed by atoms with E-state index >= 15 is 0 Å². The fourth-order valence-electron chi connectivity index (χ4n) is 1.36. The van der Waals surface area contributed by atoms with E-state index in [4.69, 9.17) is 5.11 Å². The maximum absolute atomic E-state index is 12.7. The molecule has 0 spiro atoms. The van der Waals surface area contributed by atoms with Crippen LogP contribution in [0.3, 0.4) is 0 Å². The van der Waals surface area contributed by atoms with Gasteiger partial charge in [-0.1, -0.05) is 12.8 Å². The number of aliphatic carboxylic acids is 1. The molecule has 1 N–H and O–H groups in total. The quantitative estimate of drug-likeness (QED) is 0.610. The maximum Gasteiger partial charge on any atom is 0.309 e. The largest absolute Gasteiger partial charge is 0.481 e. The zero-order valence-electron chi connectivity index (χ0n) is 5.72. The summed E-state index contributed by atoms with van der Waals surface area (Å²) in [6.07, 6.45) is 1.53. The van der Waals surface area contributed by atoms with Gasteiger partial charge >= 0.3 is 5.97 Å². The second-order valence-electron chi connectivity index (χ2n) is 2.75. The molecule has 0 aromatic carbocycles. The first-order chi connectivity index (χ1) is 4.72. The van der Waals surface area contributed by atoms with Crippen LogP contribution in [0.4, 0.5) is 4.39 Å². The molecule has 1 rings (SSSR count). The normalized spacial score (nSPS) is 33.7. The number of carbonyl (C=O) groups is 1. The van der Waals surface area contributed by atoms with E-state index in [0.717, 1.165) is 12.8 Å². The van der Waals surface area contributed by atoms with E-state index in [1.807, 2.05) is 0 Å². The van der Waals surface area contributed by atoms with Crippen molar-refractivity contribution >= 4 is 5.97 Å². The number of carboxylic acid groups (broad SMARTS) is 1. The lowest BCUT2D eigenvalue weighted by molar-refractivity contribution is -0.145. The summed E-state index contributed by atoms with van der Waals surface area (Å²) in [5.74, 6) is -1.71. The molecule has 0 aromatic rings. The Kier molecular flexibility index (Phi) is 2.25. The van der Waals surface area contributed by atoms with Gasteiger partial charge < -0.3 is 5.11 Å². The summed E-state index contributed by atoms with van der Waals surface area (Å²) < 4.78 is 12.7. The average Bonchev–Trinajstić information content (AvgIpc) is 1.88. The highest BCUT2D eigenvalue weighted by molar-refractivity contribution is 5.70. The molecule has 0 heterocycles. The van der Waals surface area contributed by atoms with E-state index in [-0.39, 0.29) is 0 Å². The summed E-state index contributed by atoms with van der Waals surface area (Å²) in [6, 6.07) is 0. The number of alkyl halides is 1. The van der Waals surface area contributed by atoms with E-state index in [9.17, 15) is 9.18 Å². The van der Waals surface area contributed by atoms with Crippen molar-refractivity contribution in [2.75, 3.05) is 0 Å². The predicted octanol–water partition coefficient (Wildman–Crippen LogP) is 1.60. The molecule has 1 aliphatic rings. The van der Waals surface area contributed by atoms with Crippen molar-refractivity contribution in [3.8, 4) is 0 Å². The molecule has 0 aliphatic heterocycles. The molecule has 2 nitrogen and oxygen atoms in total. The summed E-state index contributed by atoms with van der Waals surface area (Å²) in [4.78, 5) is 10.3. The van der Waals surface area contributed by atoms with Gasteiger partial charge in [-0.15, -0.1) is 0 Å². The maximum atomic E-state index is 12.7. The number of halogens is 1. The highest BCUT2D eigenvalue weighted by Crippen LogP contribution is 2.26. The third kappa shape index (κ3) is 1.46. The number of carboxylic acids is 1. The van der Waals surface area contributed by atoms with Crippen molar-refractivity contribution in [3.63, 3.8) is 0 Å². The summed E-state index contributed by atoms with van der Waals surface area (Å²) in [5.41, 5.74) is 0. The first-order valence-electron chi connectivity index (χ1n) is 3.58. The number of rotatable bonds is 1. The van der Waals surface area contributed by atoms with Gasteiger partial charge in [0, 0.05) is 0 Å². The first kappa shape index (κ1) is 7.51. The summed E-state index contributed by atoms with van der Waals surface area (Å²) in [7, 11) is 0. The lowest BCUT2D eigenvalue weighted by Gasteiger charge is -2.21. The van der Waals surface area contributed by atoms with Gasteiger partial charge in [-0.2, -0.15) is 0 Å². The molecule has 0 amide bonds. The lowest BCUT2D eigenvalue weighted by Crippen LogP contribution is -2.27. The van der Waals surface area contributed by atoms with Crippen LogP contribution in [0.2, 0.25) is 0 Å². The van der Waals surface area contributed by atoms with E-state index in [0.29, 0.717) is 12.8 Å². The van der Waals surface area contributed by atoms with Crippen molar-refractivity contribution in [1.29, 1.82) is 0 Å². The minimum absolute atomic E-state index is 0.428. The zero-order valence-corrected chi connectivity index (χ0v) is 5.72. The molecule has 0 bridgehead atoms. The molecule has 1 aliphatic carbocycles. The van der Waals surface area contributed by atoms with Crippen molar-refractivity contribution in [2.24, 2.45) is 5.92 Å². The smallest absolute Gasteiger partial charge is 0.309 e. The Balaban J connectivity index is 2.47. The van der Waals surface area contributed by atoms with E-state index in [2.05, 4.69) is 0 Å². The van der Waals surface area contributed by atoms with E-state index in [1.165, 1.54) is 0 Å². The highest BCUT2D eigenvalue weighted by atomic mass is 19.1. The molecule has 0 radical (unpaired) electrons. The third-order valence-electron chi connectivity index (χ3n) is 2.00. The van der Waals surface area contributed by atoms with E-state index in [1.54, 1.807) is 0 Å². The van der Waals surface area contributed by atoms with Crippen LogP contribution in [0.5, 0.6) is 0 Å². The summed E-state index contributed by atoms with van der Waals surface area (Å²) in [6.45, 7) is 0. The van der Waals surface area contributed by atoms with Crippen molar-refractivity contribution < 1.29 is 14.3 Å². The standard InChI is InChI=1S/C7H11FO2/c8-6-4-2-1-3-5(6)7(9)10/h5-6H,1-4H2,(H,9,10)/t5-,6+/m0/s1. The zero-order chi connectivity index (χ0) is 7.56. The van der Waals surface area contributed by atoms with Gasteiger partial charge in [0.1, 0.15) is 6.17 Å². The Morgan fingerprint density at radius 1 is 1.40 bits per heavy atom. The van der Waals surface area contributed by atoms with Crippen LogP contribution in [-0.4, -0.2) is 17.2 Å². The van der Waals surface area contributed by atoms with Crippen LogP contribution in [0, 0.1) is 5.92 Å². The third-order valence-corrected chi connectivity index (χ3v) is 2.00. The fourth-order valence-corrected chi connectivity index (χ4v) is 1.36. The van der Waals surface area contributed by atoms with E-state index < -0.39 is 18.1 Å². The Morgan fingerprint density at radius 3 is 2.40 bits per heavy atom. The van der Waals surface area contributed by atoms with Gasteiger partial charge in [-0.25, -0.2) is 4.39 Å². The van der Waals surface area contributed by atoms with Gasteiger partial charge in [0.15, 0.2) is 0 Å².